The molecule has 0 fully saturated rings. The van der Waals surface area contributed by atoms with Crippen molar-refractivity contribution in [2.24, 2.45) is 5.10 Å². The summed E-state index contributed by atoms with van der Waals surface area (Å²) in [6.07, 6.45) is 4.53. The Kier molecular flexibility index (Phi) is 6.65. The van der Waals surface area contributed by atoms with Gasteiger partial charge in [-0.15, -0.1) is 0 Å². The number of hydrazone groups is 1. The summed E-state index contributed by atoms with van der Waals surface area (Å²) >= 11 is 0. The van der Waals surface area contributed by atoms with Crippen molar-refractivity contribution < 1.29 is 23.4 Å². The standard InChI is InChI=1S/C19H16F2N6O3/c1-11(28)14-4-2-3-13(25-14)8-24-27-18(29)16-10-22-9-15(26-16)12-5-6-17(23-7-12)30-19(20)21/h2-11,19,28H,1H3,(H,27,29)/b24-8+. The van der Waals surface area contributed by atoms with Crippen molar-refractivity contribution in [3.63, 3.8) is 0 Å². The number of aliphatic hydroxyl groups excluding tert-OH is 1. The smallest absolute Gasteiger partial charge is 0.388 e. The highest BCUT2D eigenvalue weighted by Gasteiger charge is 2.11. The Morgan fingerprint density at radius 3 is 2.73 bits per heavy atom. The number of aromatic nitrogens is 4. The van der Waals surface area contributed by atoms with Gasteiger partial charge in [-0.1, -0.05) is 6.07 Å². The third-order valence-corrected chi connectivity index (χ3v) is 3.69. The van der Waals surface area contributed by atoms with E-state index >= 15 is 0 Å². The van der Waals surface area contributed by atoms with Crippen LogP contribution in [0.15, 0.2) is 54.0 Å². The van der Waals surface area contributed by atoms with Gasteiger partial charge in [-0.2, -0.15) is 13.9 Å². The molecule has 11 heteroatoms. The number of halogens is 2. The first kappa shape index (κ1) is 20.9. The van der Waals surface area contributed by atoms with E-state index in [1.54, 1.807) is 25.1 Å². The Hall–Kier alpha value is -3.86. The van der Waals surface area contributed by atoms with Gasteiger partial charge in [-0.25, -0.2) is 20.4 Å². The van der Waals surface area contributed by atoms with Crippen LogP contribution in [0, 0.1) is 0 Å². The third kappa shape index (κ3) is 5.58. The third-order valence-electron chi connectivity index (χ3n) is 3.69. The Bertz CT molecular complexity index is 1040. The molecular formula is C19H16F2N6O3. The van der Waals surface area contributed by atoms with Crippen molar-refractivity contribution >= 4 is 12.1 Å². The van der Waals surface area contributed by atoms with Gasteiger partial charge in [0, 0.05) is 17.8 Å². The van der Waals surface area contributed by atoms with E-state index in [0.29, 0.717) is 22.6 Å². The molecule has 3 aromatic rings. The lowest BCUT2D eigenvalue weighted by Gasteiger charge is -2.05. The molecule has 2 N–H and O–H groups in total. The van der Waals surface area contributed by atoms with Crippen LogP contribution in [0.25, 0.3) is 11.3 Å². The van der Waals surface area contributed by atoms with Crippen LogP contribution in [0.4, 0.5) is 8.78 Å². The molecule has 0 aromatic carbocycles. The van der Waals surface area contributed by atoms with Gasteiger partial charge >= 0.3 is 6.61 Å². The van der Waals surface area contributed by atoms with Crippen LogP contribution in [0.5, 0.6) is 5.88 Å². The molecular weight excluding hydrogens is 398 g/mol. The number of nitrogens with one attached hydrogen (secondary N) is 1. The van der Waals surface area contributed by atoms with Crippen molar-refractivity contribution in [1.29, 1.82) is 0 Å². The Balaban J connectivity index is 1.68. The van der Waals surface area contributed by atoms with Crippen molar-refractivity contribution in [1.82, 2.24) is 25.4 Å². The molecule has 0 aliphatic heterocycles. The minimum absolute atomic E-state index is 0.0109. The number of amides is 1. The first-order valence-electron chi connectivity index (χ1n) is 8.64. The van der Waals surface area contributed by atoms with E-state index in [1.807, 2.05) is 0 Å². The highest BCUT2D eigenvalue weighted by Crippen LogP contribution is 2.19. The topological polar surface area (TPSA) is 122 Å². The van der Waals surface area contributed by atoms with E-state index in [2.05, 4.69) is 35.2 Å². The van der Waals surface area contributed by atoms with E-state index in [0.717, 1.165) is 0 Å². The minimum Gasteiger partial charge on any atom is -0.417 e. The van der Waals surface area contributed by atoms with Gasteiger partial charge in [0.25, 0.3) is 5.91 Å². The van der Waals surface area contributed by atoms with Crippen LogP contribution in [-0.4, -0.2) is 43.8 Å². The molecule has 154 valence electrons. The first-order valence-corrected chi connectivity index (χ1v) is 8.64. The van der Waals surface area contributed by atoms with Crippen LogP contribution in [-0.2, 0) is 0 Å². The summed E-state index contributed by atoms with van der Waals surface area (Å²) < 4.78 is 28.6. The van der Waals surface area contributed by atoms with Crippen molar-refractivity contribution in [2.45, 2.75) is 19.6 Å². The van der Waals surface area contributed by atoms with Crippen LogP contribution in [0.3, 0.4) is 0 Å². The number of nitrogens with zero attached hydrogens (tertiary/aromatic N) is 5. The number of hydrogen-bond donors (Lipinski definition) is 2. The summed E-state index contributed by atoms with van der Waals surface area (Å²) in [5, 5.41) is 13.4. The molecule has 0 bridgehead atoms. The lowest BCUT2D eigenvalue weighted by Crippen LogP contribution is -2.19. The van der Waals surface area contributed by atoms with Crippen LogP contribution < -0.4 is 10.2 Å². The zero-order chi connectivity index (χ0) is 21.5. The van der Waals surface area contributed by atoms with Crippen molar-refractivity contribution in [3.8, 4) is 17.1 Å². The van der Waals surface area contributed by atoms with Crippen LogP contribution >= 0.6 is 0 Å². The number of rotatable bonds is 7. The molecule has 0 saturated heterocycles. The Morgan fingerprint density at radius 2 is 2.03 bits per heavy atom. The summed E-state index contributed by atoms with van der Waals surface area (Å²) in [5.41, 5.74) is 4.00. The molecule has 30 heavy (non-hydrogen) atoms. The predicted octanol–water partition coefficient (Wildman–Crippen LogP) is 2.35. The largest absolute Gasteiger partial charge is 0.417 e. The Morgan fingerprint density at radius 1 is 1.20 bits per heavy atom. The van der Waals surface area contributed by atoms with E-state index in [4.69, 9.17) is 0 Å². The quantitative estimate of drug-likeness (QED) is 0.449. The molecule has 3 aromatic heterocycles. The van der Waals surface area contributed by atoms with Crippen LogP contribution in [0.1, 0.15) is 34.9 Å². The molecule has 1 amide bonds. The summed E-state index contributed by atoms with van der Waals surface area (Å²) in [7, 11) is 0. The maximum atomic E-state index is 12.3. The maximum Gasteiger partial charge on any atom is 0.388 e. The molecule has 0 saturated carbocycles. The molecule has 3 heterocycles. The number of aliphatic hydroxyl groups is 1. The number of alkyl halides is 2. The highest BCUT2D eigenvalue weighted by molar-refractivity contribution is 5.93. The van der Waals surface area contributed by atoms with Crippen molar-refractivity contribution in [2.75, 3.05) is 0 Å². The molecule has 1 unspecified atom stereocenters. The van der Waals surface area contributed by atoms with Gasteiger partial charge in [0.15, 0.2) is 0 Å². The summed E-state index contributed by atoms with van der Waals surface area (Å²) in [5.74, 6) is -0.851. The van der Waals surface area contributed by atoms with Gasteiger partial charge in [0.1, 0.15) is 5.69 Å². The van der Waals surface area contributed by atoms with E-state index < -0.39 is 18.6 Å². The minimum atomic E-state index is -2.97. The fourth-order valence-corrected chi connectivity index (χ4v) is 2.30. The normalized spacial score (nSPS) is 12.2. The molecule has 1 atom stereocenters. The summed E-state index contributed by atoms with van der Waals surface area (Å²) in [6, 6.07) is 7.77. The zero-order valence-electron chi connectivity index (χ0n) is 15.6. The number of hydrogen-bond acceptors (Lipinski definition) is 8. The van der Waals surface area contributed by atoms with E-state index in [-0.39, 0.29) is 11.6 Å². The second kappa shape index (κ2) is 9.56. The average Bonchev–Trinajstić information content (AvgIpc) is 2.74. The molecule has 9 nitrogen and oxygen atoms in total. The molecule has 0 aliphatic carbocycles. The number of carbonyl (C=O) groups excluding carboxylic acids is 1. The second-order valence-electron chi connectivity index (χ2n) is 5.92. The molecule has 0 aliphatic rings. The molecule has 0 radical (unpaired) electrons. The Labute approximate surface area is 169 Å². The van der Waals surface area contributed by atoms with Gasteiger partial charge in [0.2, 0.25) is 5.88 Å². The second-order valence-corrected chi connectivity index (χ2v) is 5.92. The fourth-order valence-electron chi connectivity index (χ4n) is 2.30. The van der Waals surface area contributed by atoms with Crippen molar-refractivity contribution in [3.05, 3.63) is 66.0 Å². The van der Waals surface area contributed by atoms with E-state index in [1.165, 1.54) is 36.9 Å². The van der Waals surface area contributed by atoms with Crippen LogP contribution in [0.2, 0.25) is 0 Å². The summed E-state index contributed by atoms with van der Waals surface area (Å²) in [4.78, 5) is 28.3. The van der Waals surface area contributed by atoms with Gasteiger partial charge < -0.3 is 9.84 Å². The summed E-state index contributed by atoms with van der Waals surface area (Å²) in [6.45, 7) is -1.38. The maximum absolute atomic E-state index is 12.3. The highest BCUT2D eigenvalue weighted by atomic mass is 19.3. The number of ether oxygens (including phenoxy) is 1. The zero-order valence-corrected chi connectivity index (χ0v) is 15.6. The SMILES string of the molecule is CC(O)c1cccc(/C=N/NC(=O)c2cncc(-c3ccc(OC(F)F)nc3)n2)n1. The molecule has 3 rings (SSSR count). The monoisotopic (exact) mass is 414 g/mol. The van der Waals surface area contributed by atoms with E-state index in [9.17, 15) is 18.7 Å². The fraction of sp³-hybridized carbons (Fsp3) is 0.158. The first-order chi connectivity index (χ1) is 14.4. The molecule has 0 spiro atoms. The number of pyridine rings is 2. The lowest BCUT2D eigenvalue weighted by molar-refractivity contribution is -0.0528. The average molecular weight is 414 g/mol. The predicted molar refractivity (Wildman–Crippen MR) is 102 cm³/mol. The lowest BCUT2D eigenvalue weighted by atomic mass is 10.2. The van der Waals surface area contributed by atoms with Gasteiger partial charge in [0.05, 0.1) is 41.8 Å². The van der Waals surface area contributed by atoms with Gasteiger partial charge in [-0.3, -0.25) is 9.78 Å². The number of carbonyl (C=O) groups is 1. The van der Waals surface area contributed by atoms with Gasteiger partial charge in [-0.05, 0) is 25.1 Å².